The van der Waals surface area contributed by atoms with Gasteiger partial charge in [-0.2, -0.15) is 0 Å². The summed E-state index contributed by atoms with van der Waals surface area (Å²) in [7, 11) is 0. The van der Waals surface area contributed by atoms with Crippen molar-refractivity contribution in [3.8, 4) is 5.75 Å². The Kier molecular flexibility index (Phi) is 7.14. The fraction of sp³-hybridized carbons (Fsp3) is 0.259. The number of hydrogen-bond acceptors (Lipinski definition) is 3. The Labute approximate surface area is 202 Å². The lowest BCUT2D eigenvalue weighted by atomic mass is 10.1. The molecule has 0 saturated heterocycles. The molecule has 0 radical (unpaired) electrons. The van der Waals surface area contributed by atoms with Gasteiger partial charge < -0.3 is 14.6 Å². The molecule has 5 nitrogen and oxygen atoms in total. The highest BCUT2D eigenvalue weighted by Gasteiger charge is 2.19. The van der Waals surface area contributed by atoms with E-state index in [2.05, 4.69) is 63.9 Å². The van der Waals surface area contributed by atoms with E-state index in [9.17, 15) is 4.79 Å². The lowest BCUT2D eigenvalue weighted by Crippen LogP contribution is -2.28. The Morgan fingerprint density at radius 1 is 1.06 bits per heavy atom. The highest BCUT2D eigenvalue weighted by atomic mass is 79.9. The fourth-order valence-electron chi connectivity index (χ4n) is 4.06. The third kappa shape index (κ3) is 5.63. The third-order valence-electron chi connectivity index (χ3n) is 5.50. The molecule has 4 rings (SSSR count). The SMILES string of the molecule is Cc1cc(C)cc(OCCCn2c(C(C)NC(=O)c3cccc(Br)c3)nc3ccccc32)c1. The zero-order chi connectivity index (χ0) is 23.4. The number of hydrogen-bond donors (Lipinski definition) is 1. The van der Waals surface area contributed by atoms with Crippen LogP contribution in [0.2, 0.25) is 0 Å². The van der Waals surface area contributed by atoms with Gasteiger partial charge in [0, 0.05) is 16.6 Å². The molecule has 0 fully saturated rings. The van der Waals surface area contributed by atoms with Crippen molar-refractivity contribution >= 4 is 32.9 Å². The van der Waals surface area contributed by atoms with Gasteiger partial charge in [-0.05, 0) is 80.8 Å². The maximum absolute atomic E-state index is 12.8. The van der Waals surface area contributed by atoms with Crippen LogP contribution in [-0.2, 0) is 6.54 Å². The van der Waals surface area contributed by atoms with Crippen molar-refractivity contribution in [2.75, 3.05) is 6.61 Å². The molecule has 0 aliphatic carbocycles. The quantitative estimate of drug-likeness (QED) is 0.283. The zero-order valence-electron chi connectivity index (χ0n) is 19.1. The summed E-state index contributed by atoms with van der Waals surface area (Å²) in [5.41, 5.74) is 4.99. The van der Waals surface area contributed by atoms with Crippen LogP contribution >= 0.6 is 15.9 Å². The van der Waals surface area contributed by atoms with E-state index in [-0.39, 0.29) is 11.9 Å². The molecule has 0 saturated carbocycles. The average Bonchev–Trinajstić information content (AvgIpc) is 3.15. The number of rotatable bonds is 8. The topological polar surface area (TPSA) is 56.1 Å². The van der Waals surface area contributed by atoms with E-state index in [1.165, 1.54) is 11.1 Å². The van der Waals surface area contributed by atoms with E-state index >= 15 is 0 Å². The largest absolute Gasteiger partial charge is 0.494 e. The van der Waals surface area contributed by atoms with Crippen LogP contribution in [0.5, 0.6) is 5.75 Å². The Bertz CT molecular complexity index is 1260. The maximum atomic E-state index is 12.8. The van der Waals surface area contributed by atoms with Gasteiger partial charge in [-0.15, -0.1) is 0 Å². The minimum Gasteiger partial charge on any atom is -0.494 e. The second-order valence-electron chi connectivity index (χ2n) is 8.34. The predicted molar refractivity (Wildman–Crippen MR) is 136 cm³/mol. The molecule has 33 heavy (non-hydrogen) atoms. The molecule has 0 spiro atoms. The number of carbonyl (C=O) groups excluding carboxylic acids is 1. The molecular weight excluding hydrogens is 478 g/mol. The summed E-state index contributed by atoms with van der Waals surface area (Å²) >= 11 is 3.43. The van der Waals surface area contributed by atoms with Gasteiger partial charge in [0.05, 0.1) is 23.7 Å². The number of aryl methyl sites for hydroxylation is 3. The van der Waals surface area contributed by atoms with Crippen LogP contribution in [0.3, 0.4) is 0 Å². The van der Waals surface area contributed by atoms with Crippen molar-refractivity contribution in [3.63, 3.8) is 0 Å². The molecule has 0 aliphatic heterocycles. The molecule has 1 heterocycles. The van der Waals surface area contributed by atoms with Crippen molar-refractivity contribution in [2.24, 2.45) is 0 Å². The lowest BCUT2D eigenvalue weighted by molar-refractivity contribution is 0.0937. The monoisotopic (exact) mass is 505 g/mol. The van der Waals surface area contributed by atoms with Gasteiger partial charge in [0.2, 0.25) is 0 Å². The van der Waals surface area contributed by atoms with Gasteiger partial charge >= 0.3 is 0 Å². The molecule has 6 heteroatoms. The Balaban J connectivity index is 1.48. The number of para-hydroxylation sites is 2. The number of halogens is 1. The number of fused-ring (bicyclic) bond motifs is 1. The molecular formula is C27H28BrN3O2. The molecule has 1 amide bonds. The standard InChI is InChI=1S/C27H28BrN3O2/c1-18-14-19(2)16-23(15-18)33-13-7-12-31-25-11-5-4-10-24(25)30-26(31)20(3)29-27(32)21-8-6-9-22(28)17-21/h4-6,8-11,14-17,20H,7,12-13H2,1-3H3,(H,29,32). The van der Waals surface area contributed by atoms with Gasteiger partial charge in [-0.3, -0.25) is 4.79 Å². The number of ether oxygens (including phenoxy) is 1. The molecule has 1 unspecified atom stereocenters. The second-order valence-corrected chi connectivity index (χ2v) is 9.26. The van der Waals surface area contributed by atoms with E-state index in [1.54, 1.807) is 6.07 Å². The molecule has 0 aliphatic rings. The van der Waals surface area contributed by atoms with E-state index in [1.807, 2.05) is 43.3 Å². The Morgan fingerprint density at radius 3 is 2.58 bits per heavy atom. The van der Waals surface area contributed by atoms with Crippen molar-refractivity contribution < 1.29 is 9.53 Å². The predicted octanol–water partition coefficient (Wildman–Crippen LogP) is 6.38. The van der Waals surface area contributed by atoms with E-state index in [0.717, 1.165) is 40.0 Å². The molecule has 1 atom stereocenters. The number of aromatic nitrogens is 2. The molecule has 3 aromatic carbocycles. The first kappa shape index (κ1) is 23.1. The Hall–Kier alpha value is -3.12. The van der Waals surface area contributed by atoms with Crippen molar-refractivity contribution in [2.45, 2.75) is 39.8 Å². The maximum Gasteiger partial charge on any atom is 0.251 e. The normalized spacial score (nSPS) is 12.0. The van der Waals surface area contributed by atoms with Crippen LogP contribution in [0, 0.1) is 13.8 Å². The summed E-state index contributed by atoms with van der Waals surface area (Å²) in [6.07, 6.45) is 0.826. The average molecular weight is 506 g/mol. The first-order valence-corrected chi connectivity index (χ1v) is 11.9. The van der Waals surface area contributed by atoms with Crippen LogP contribution in [-0.4, -0.2) is 22.1 Å². The van der Waals surface area contributed by atoms with Gasteiger partial charge in [0.15, 0.2) is 0 Å². The van der Waals surface area contributed by atoms with Gasteiger partial charge in [0.25, 0.3) is 5.91 Å². The molecule has 0 bridgehead atoms. The summed E-state index contributed by atoms with van der Waals surface area (Å²) in [5, 5.41) is 3.10. The molecule has 170 valence electrons. The number of amides is 1. The van der Waals surface area contributed by atoms with E-state index in [0.29, 0.717) is 12.2 Å². The fourth-order valence-corrected chi connectivity index (χ4v) is 4.46. The van der Waals surface area contributed by atoms with Crippen LogP contribution in [0.4, 0.5) is 0 Å². The van der Waals surface area contributed by atoms with E-state index in [4.69, 9.17) is 9.72 Å². The first-order chi connectivity index (χ1) is 15.9. The Morgan fingerprint density at radius 2 is 1.82 bits per heavy atom. The van der Waals surface area contributed by atoms with Gasteiger partial charge in [0.1, 0.15) is 11.6 Å². The summed E-state index contributed by atoms with van der Waals surface area (Å²) in [6.45, 7) is 7.48. The second kappa shape index (κ2) is 10.2. The summed E-state index contributed by atoms with van der Waals surface area (Å²) < 4.78 is 9.06. The third-order valence-corrected chi connectivity index (χ3v) is 5.99. The van der Waals surface area contributed by atoms with Gasteiger partial charge in [-0.25, -0.2) is 4.98 Å². The number of benzene rings is 3. The van der Waals surface area contributed by atoms with E-state index < -0.39 is 0 Å². The van der Waals surface area contributed by atoms with Crippen molar-refractivity contribution in [1.29, 1.82) is 0 Å². The minimum absolute atomic E-state index is 0.124. The highest BCUT2D eigenvalue weighted by Crippen LogP contribution is 2.23. The summed E-state index contributed by atoms with van der Waals surface area (Å²) in [4.78, 5) is 17.6. The lowest BCUT2D eigenvalue weighted by Gasteiger charge is -2.17. The van der Waals surface area contributed by atoms with Crippen LogP contribution in [0.15, 0.2) is 71.2 Å². The van der Waals surface area contributed by atoms with Gasteiger partial charge in [-0.1, -0.05) is 40.2 Å². The summed E-state index contributed by atoms with van der Waals surface area (Å²) in [5.74, 6) is 1.62. The zero-order valence-corrected chi connectivity index (χ0v) is 20.7. The van der Waals surface area contributed by atoms with Crippen LogP contribution in [0.1, 0.15) is 46.7 Å². The number of imidazole rings is 1. The van der Waals surface area contributed by atoms with Crippen molar-refractivity contribution in [1.82, 2.24) is 14.9 Å². The number of nitrogens with one attached hydrogen (secondary N) is 1. The smallest absolute Gasteiger partial charge is 0.251 e. The molecule has 4 aromatic rings. The number of nitrogens with zero attached hydrogens (tertiary/aromatic N) is 2. The van der Waals surface area contributed by atoms with Crippen LogP contribution < -0.4 is 10.1 Å². The minimum atomic E-state index is -0.246. The van der Waals surface area contributed by atoms with Crippen LogP contribution in [0.25, 0.3) is 11.0 Å². The molecule has 1 aromatic heterocycles. The number of carbonyl (C=O) groups is 1. The summed E-state index contributed by atoms with van der Waals surface area (Å²) in [6, 6.07) is 21.5. The molecule has 1 N–H and O–H groups in total. The van der Waals surface area contributed by atoms with Crippen molar-refractivity contribution in [3.05, 3.63) is 93.7 Å². The first-order valence-electron chi connectivity index (χ1n) is 11.1. The highest BCUT2D eigenvalue weighted by molar-refractivity contribution is 9.10.